The summed E-state index contributed by atoms with van der Waals surface area (Å²) in [7, 11) is 0. The van der Waals surface area contributed by atoms with Gasteiger partial charge in [0.1, 0.15) is 6.04 Å². The Bertz CT molecular complexity index is 635. The molecule has 104 valence electrons. The Labute approximate surface area is 123 Å². The Hall–Kier alpha value is -1.65. The molecular weight excluding hydrogens is 268 g/mol. The first-order chi connectivity index (χ1) is 9.66. The molecule has 3 rings (SSSR count). The first-order valence-electron chi connectivity index (χ1n) is 6.81. The summed E-state index contributed by atoms with van der Waals surface area (Å²) in [5.74, 6) is -0.258. The number of thiophene rings is 1. The Morgan fingerprint density at radius 2 is 2.20 bits per heavy atom. The van der Waals surface area contributed by atoms with Crippen LogP contribution >= 0.6 is 11.3 Å². The van der Waals surface area contributed by atoms with Gasteiger partial charge in [-0.05, 0) is 41.5 Å². The molecule has 0 aliphatic carbocycles. The van der Waals surface area contributed by atoms with Gasteiger partial charge in [0, 0.05) is 18.0 Å². The molecule has 1 atom stereocenters. The lowest BCUT2D eigenvalue weighted by molar-refractivity contribution is -0.124. The van der Waals surface area contributed by atoms with Crippen LogP contribution < -0.4 is 5.73 Å². The zero-order chi connectivity index (χ0) is 14.1. The minimum atomic E-state index is -0.304. The van der Waals surface area contributed by atoms with Gasteiger partial charge in [0.25, 0.3) is 0 Å². The molecule has 2 aromatic rings. The molecule has 0 spiro atoms. The van der Waals surface area contributed by atoms with Crippen LogP contribution in [-0.2, 0) is 17.8 Å². The zero-order valence-corrected chi connectivity index (χ0v) is 12.3. The van der Waals surface area contributed by atoms with Crippen LogP contribution in [0.2, 0.25) is 0 Å². The van der Waals surface area contributed by atoms with Crippen molar-refractivity contribution in [3.63, 3.8) is 0 Å². The topological polar surface area (TPSA) is 46.3 Å². The lowest BCUT2D eigenvalue weighted by Crippen LogP contribution is -2.42. The van der Waals surface area contributed by atoms with Crippen LogP contribution in [0.15, 0.2) is 35.7 Å². The minimum Gasteiger partial charge on any atom is -0.368 e. The highest BCUT2D eigenvalue weighted by Crippen LogP contribution is 2.32. The van der Waals surface area contributed by atoms with E-state index in [1.165, 1.54) is 16.0 Å². The number of nitrogens with zero attached hydrogens (tertiary/aromatic N) is 1. The molecule has 1 aliphatic heterocycles. The third-order valence-corrected chi connectivity index (χ3v) is 4.98. The van der Waals surface area contributed by atoms with Gasteiger partial charge in [0.2, 0.25) is 5.91 Å². The molecule has 0 saturated heterocycles. The smallest absolute Gasteiger partial charge is 0.239 e. The van der Waals surface area contributed by atoms with Gasteiger partial charge in [-0.3, -0.25) is 9.69 Å². The van der Waals surface area contributed by atoms with Crippen molar-refractivity contribution in [2.24, 2.45) is 5.73 Å². The van der Waals surface area contributed by atoms with Crippen LogP contribution in [0.3, 0.4) is 0 Å². The van der Waals surface area contributed by atoms with Crippen LogP contribution in [0.25, 0.3) is 0 Å². The Morgan fingerprint density at radius 1 is 1.40 bits per heavy atom. The molecule has 1 aromatic heterocycles. The molecule has 0 saturated carbocycles. The first-order valence-corrected chi connectivity index (χ1v) is 7.69. The van der Waals surface area contributed by atoms with Crippen molar-refractivity contribution in [3.8, 4) is 0 Å². The first kappa shape index (κ1) is 13.3. The highest BCUT2D eigenvalue weighted by Gasteiger charge is 2.31. The summed E-state index contributed by atoms with van der Waals surface area (Å²) >= 11 is 1.74. The van der Waals surface area contributed by atoms with Crippen molar-refractivity contribution in [3.05, 3.63) is 57.3 Å². The number of aryl methyl sites for hydroxylation is 1. The predicted molar refractivity (Wildman–Crippen MR) is 81.5 cm³/mol. The number of benzene rings is 1. The van der Waals surface area contributed by atoms with Crippen LogP contribution in [0.5, 0.6) is 0 Å². The summed E-state index contributed by atoms with van der Waals surface area (Å²) < 4.78 is 0. The molecule has 0 bridgehead atoms. The summed E-state index contributed by atoms with van der Waals surface area (Å²) in [5, 5.41) is 2.10. The van der Waals surface area contributed by atoms with E-state index in [1.807, 2.05) is 18.2 Å². The van der Waals surface area contributed by atoms with E-state index >= 15 is 0 Å². The van der Waals surface area contributed by atoms with Gasteiger partial charge in [-0.2, -0.15) is 0 Å². The second kappa shape index (κ2) is 5.38. The lowest BCUT2D eigenvalue weighted by Gasteiger charge is -2.35. The van der Waals surface area contributed by atoms with Gasteiger partial charge in [-0.15, -0.1) is 11.3 Å². The summed E-state index contributed by atoms with van der Waals surface area (Å²) in [6, 6.07) is 9.94. The number of nitrogens with two attached hydrogens (primary N) is 1. The summed E-state index contributed by atoms with van der Waals surface area (Å²) in [6.07, 6.45) is 0.977. The highest BCUT2D eigenvalue weighted by molar-refractivity contribution is 7.10. The molecule has 1 unspecified atom stereocenters. The van der Waals surface area contributed by atoms with E-state index in [2.05, 4.69) is 29.3 Å². The maximum Gasteiger partial charge on any atom is 0.239 e. The monoisotopic (exact) mass is 286 g/mol. The van der Waals surface area contributed by atoms with Crippen molar-refractivity contribution in [2.75, 3.05) is 6.54 Å². The summed E-state index contributed by atoms with van der Waals surface area (Å²) in [4.78, 5) is 15.4. The van der Waals surface area contributed by atoms with Crippen LogP contribution in [0.4, 0.5) is 0 Å². The van der Waals surface area contributed by atoms with E-state index in [-0.39, 0.29) is 11.9 Å². The van der Waals surface area contributed by atoms with Crippen LogP contribution in [0, 0.1) is 6.92 Å². The second-order valence-corrected chi connectivity index (χ2v) is 6.25. The SMILES string of the molecule is Cc1ccsc1CN1CCc2ccccc2C1C(N)=O. The number of carbonyl (C=O) groups is 1. The van der Waals surface area contributed by atoms with Gasteiger partial charge >= 0.3 is 0 Å². The fraction of sp³-hybridized carbons (Fsp3) is 0.312. The normalized spacial score (nSPS) is 18.8. The highest BCUT2D eigenvalue weighted by atomic mass is 32.1. The number of carbonyl (C=O) groups excluding carboxylic acids is 1. The predicted octanol–water partition coefficient (Wildman–Crippen LogP) is 2.64. The standard InChI is InChI=1S/C16H18N2OS/c1-11-7-9-20-14(11)10-18-8-6-12-4-2-3-5-13(12)15(18)16(17)19/h2-5,7,9,15H,6,8,10H2,1H3,(H2,17,19). The van der Waals surface area contributed by atoms with Gasteiger partial charge in [-0.1, -0.05) is 24.3 Å². The molecule has 1 amide bonds. The van der Waals surface area contributed by atoms with Gasteiger partial charge in [0.15, 0.2) is 0 Å². The van der Waals surface area contributed by atoms with E-state index in [1.54, 1.807) is 11.3 Å². The van der Waals surface area contributed by atoms with Gasteiger partial charge in [0.05, 0.1) is 0 Å². The molecule has 0 fully saturated rings. The van der Waals surface area contributed by atoms with Crippen molar-refractivity contribution < 1.29 is 4.79 Å². The summed E-state index contributed by atoms with van der Waals surface area (Å²) in [6.45, 7) is 3.79. The largest absolute Gasteiger partial charge is 0.368 e. The van der Waals surface area contributed by atoms with Crippen LogP contribution in [-0.4, -0.2) is 17.4 Å². The van der Waals surface area contributed by atoms with E-state index in [4.69, 9.17) is 5.73 Å². The Morgan fingerprint density at radius 3 is 2.90 bits per heavy atom. The molecule has 1 aliphatic rings. The molecule has 1 aromatic carbocycles. The lowest BCUT2D eigenvalue weighted by atomic mass is 9.92. The Balaban J connectivity index is 1.92. The quantitative estimate of drug-likeness (QED) is 0.943. The third kappa shape index (κ3) is 2.37. The molecule has 20 heavy (non-hydrogen) atoms. The molecule has 4 heteroatoms. The van der Waals surface area contributed by atoms with Crippen molar-refractivity contribution >= 4 is 17.2 Å². The number of fused-ring (bicyclic) bond motifs is 1. The molecule has 3 nitrogen and oxygen atoms in total. The third-order valence-electron chi connectivity index (χ3n) is 3.97. The average Bonchev–Trinajstić information content (AvgIpc) is 2.83. The minimum absolute atomic E-state index is 0.258. The van der Waals surface area contributed by atoms with Crippen molar-refractivity contribution in [1.82, 2.24) is 4.90 Å². The maximum atomic E-state index is 11.9. The Kier molecular flexibility index (Phi) is 3.59. The van der Waals surface area contributed by atoms with Crippen LogP contribution in [0.1, 0.15) is 27.6 Å². The molecule has 2 N–H and O–H groups in total. The second-order valence-electron chi connectivity index (χ2n) is 5.25. The van der Waals surface area contributed by atoms with Crippen molar-refractivity contribution in [2.45, 2.75) is 25.9 Å². The zero-order valence-electron chi connectivity index (χ0n) is 11.5. The van der Waals surface area contributed by atoms with E-state index in [9.17, 15) is 4.79 Å². The molecule has 2 heterocycles. The van der Waals surface area contributed by atoms with E-state index in [0.29, 0.717) is 0 Å². The molecule has 0 radical (unpaired) electrons. The number of hydrogen-bond donors (Lipinski definition) is 1. The fourth-order valence-electron chi connectivity index (χ4n) is 2.87. The number of amides is 1. The van der Waals surface area contributed by atoms with Gasteiger partial charge in [-0.25, -0.2) is 0 Å². The average molecular weight is 286 g/mol. The maximum absolute atomic E-state index is 11.9. The van der Waals surface area contributed by atoms with E-state index in [0.717, 1.165) is 25.1 Å². The number of primary amides is 1. The summed E-state index contributed by atoms with van der Waals surface area (Å²) in [5.41, 5.74) is 9.27. The fourth-order valence-corrected chi connectivity index (χ4v) is 3.80. The van der Waals surface area contributed by atoms with E-state index < -0.39 is 0 Å². The number of rotatable bonds is 3. The van der Waals surface area contributed by atoms with Crippen molar-refractivity contribution in [1.29, 1.82) is 0 Å². The van der Waals surface area contributed by atoms with Gasteiger partial charge < -0.3 is 5.73 Å². The molecular formula is C16H18N2OS. The number of hydrogen-bond acceptors (Lipinski definition) is 3.